The summed E-state index contributed by atoms with van der Waals surface area (Å²) in [5.41, 5.74) is -0.0364. The Labute approximate surface area is 174 Å². The minimum absolute atomic E-state index is 0.139. The summed E-state index contributed by atoms with van der Waals surface area (Å²) in [5, 5.41) is 5.99. The van der Waals surface area contributed by atoms with Crippen molar-refractivity contribution in [2.45, 2.75) is 52.3 Å². The van der Waals surface area contributed by atoms with Gasteiger partial charge in [0.15, 0.2) is 5.69 Å². The van der Waals surface area contributed by atoms with Crippen molar-refractivity contribution in [2.75, 3.05) is 11.9 Å². The van der Waals surface area contributed by atoms with E-state index in [1.165, 1.54) is 11.3 Å². The lowest BCUT2D eigenvalue weighted by atomic mass is 10.1. The standard InChI is InChI=1S/C18H19ClF3N3O3S/c1-4-28-17(27)12-8(2)9(3)29-16(12)23-11(26)7-25-14(10-5-6-10)13(19)15(24-25)18(20,21)22/h10H,4-7H2,1-3H3,(H,23,26). The van der Waals surface area contributed by atoms with Gasteiger partial charge in [-0.15, -0.1) is 11.3 Å². The molecule has 0 saturated heterocycles. The fourth-order valence-corrected chi connectivity index (χ4v) is 4.43. The average Bonchev–Trinajstić information content (AvgIpc) is 3.32. The second-order valence-electron chi connectivity index (χ2n) is 6.73. The van der Waals surface area contributed by atoms with Crippen molar-refractivity contribution in [1.29, 1.82) is 0 Å². The van der Waals surface area contributed by atoms with E-state index in [9.17, 15) is 22.8 Å². The van der Waals surface area contributed by atoms with Crippen LogP contribution >= 0.6 is 22.9 Å². The van der Waals surface area contributed by atoms with Crippen LogP contribution in [-0.4, -0.2) is 28.3 Å². The molecule has 1 fully saturated rings. The van der Waals surface area contributed by atoms with Crippen LogP contribution in [0.15, 0.2) is 0 Å². The first-order valence-electron chi connectivity index (χ1n) is 8.94. The summed E-state index contributed by atoms with van der Waals surface area (Å²) in [6, 6.07) is 0. The number of carbonyl (C=O) groups is 2. The lowest BCUT2D eigenvalue weighted by Gasteiger charge is -2.09. The number of rotatable bonds is 6. The number of amides is 1. The van der Waals surface area contributed by atoms with E-state index in [1.54, 1.807) is 20.8 Å². The first-order chi connectivity index (χ1) is 13.5. The van der Waals surface area contributed by atoms with Crippen molar-refractivity contribution in [1.82, 2.24) is 9.78 Å². The number of aryl methyl sites for hydroxylation is 1. The Bertz CT molecular complexity index is 964. The van der Waals surface area contributed by atoms with E-state index in [2.05, 4.69) is 10.4 Å². The van der Waals surface area contributed by atoms with Crippen molar-refractivity contribution in [3.8, 4) is 0 Å². The predicted molar refractivity (Wildman–Crippen MR) is 103 cm³/mol. The third-order valence-electron chi connectivity index (χ3n) is 4.58. The van der Waals surface area contributed by atoms with Gasteiger partial charge >= 0.3 is 12.1 Å². The summed E-state index contributed by atoms with van der Waals surface area (Å²) in [6.45, 7) is 4.94. The molecule has 3 rings (SSSR count). The molecule has 29 heavy (non-hydrogen) atoms. The van der Waals surface area contributed by atoms with E-state index in [0.29, 0.717) is 23.4 Å². The minimum atomic E-state index is -4.71. The molecular weight excluding hydrogens is 431 g/mol. The van der Waals surface area contributed by atoms with Crippen LogP contribution in [0, 0.1) is 13.8 Å². The molecule has 0 bridgehead atoms. The van der Waals surface area contributed by atoms with Crippen LogP contribution in [0.1, 0.15) is 57.9 Å². The molecule has 0 aliphatic heterocycles. The van der Waals surface area contributed by atoms with Gasteiger partial charge in [-0.2, -0.15) is 18.3 Å². The number of alkyl halides is 3. The van der Waals surface area contributed by atoms with Crippen molar-refractivity contribution < 1.29 is 27.5 Å². The predicted octanol–water partition coefficient (Wildman–Crippen LogP) is 4.93. The van der Waals surface area contributed by atoms with Gasteiger partial charge in [0.1, 0.15) is 11.5 Å². The molecule has 2 aromatic heterocycles. The summed E-state index contributed by atoms with van der Waals surface area (Å²) in [7, 11) is 0. The maximum atomic E-state index is 13.2. The third kappa shape index (κ3) is 4.42. The highest BCUT2D eigenvalue weighted by Gasteiger charge is 2.42. The first kappa shape index (κ1) is 21.6. The number of nitrogens with zero attached hydrogens (tertiary/aromatic N) is 2. The van der Waals surface area contributed by atoms with Gasteiger partial charge in [-0.3, -0.25) is 9.48 Å². The highest BCUT2D eigenvalue weighted by Crippen LogP contribution is 2.47. The van der Waals surface area contributed by atoms with Crippen LogP contribution in [0.2, 0.25) is 5.02 Å². The lowest BCUT2D eigenvalue weighted by molar-refractivity contribution is -0.141. The van der Waals surface area contributed by atoms with Gasteiger partial charge in [0.2, 0.25) is 5.91 Å². The Morgan fingerprint density at radius 2 is 2.00 bits per heavy atom. The molecule has 1 saturated carbocycles. The Balaban J connectivity index is 1.86. The zero-order valence-corrected chi connectivity index (χ0v) is 17.5. The summed E-state index contributed by atoms with van der Waals surface area (Å²) in [6.07, 6.45) is -3.32. The molecule has 0 atom stereocenters. The van der Waals surface area contributed by atoms with Crippen molar-refractivity contribution in [3.63, 3.8) is 0 Å². The Hall–Kier alpha value is -2.07. The van der Waals surface area contributed by atoms with E-state index in [0.717, 1.165) is 9.56 Å². The average molecular weight is 450 g/mol. The number of ether oxygens (including phenoxy) is 1. The topological polar surface area (TPSA) is 73.2 Å². The SMILES string of the molecule is CCOC(=O)c1c(NC(=O)Cn2nc(C(F)(F)F)c(Cl)c2C2CC2)sc(C)c1C. The molecule has 1 aliphatic carbocycles. The molecule has 1 N–H and O–H groups in total. The molecule has 1 amide bonds. The Morgan fingerprint density at radius 3 is 2.55 bits per heavy atom. The molecule has 0 radical (unpaired) electrons. The maximum absolute atomic E-state index is 13.2. The largest absolute Gasteiger partial charge is 0.462 e. The van der Waals surface area contributed by atoms with Gasteiger partial charge < -0.3 is 10.1 Å². The minimum Gasteiger partial charge on any atom is -0.462 e. The summed E-state index contributed by atoms with van der Waals surface area (Å²) in [4.78, 5) is 25.6. The normalized spacial score (nSPS) is 14.2. The zero-order chi connectivity index (χ0) is 21.5. The highest BCUT2D eigenvalue weighted by molar-refractivity contribution is 7.16. The molecule has 0 aromatic carbocycles. The highest BCUT2D eigenvalue weighted by atomic mass is 35.5. The molecule has 2 aromatic rings. The molecule has 1 aliphatic rings. The number of aromatic nitrogens is 2. The van der Waals surface area contributed by atoms with Crippen LogP contribution in [0.5, 0.6) is 0 Å². The molecule has 0 unspecified atom stereocenters. The van der Waals surface area contributed by atoms with Crippen LogP contribution in [0.3, 0.4) is 0 Å². The number of carbonyl (C=O) groups excluding carboxylic acids is 2. The zero-order valence-electron chi connectivity index (χ0n) is 15.9. The van der Waals surface area contributed by atoms with Crippen molar-refractivity contribution in [3.05, 3.63) is 32.4 Å². The first-order valence-corrected chi connectivity index (χ1v) is 10.1. The molecular formula is C18H19ClF3N3O3S. The maximum Gasteiger partial charge on any atom is 0.436 e. The smallest absolute Gasteiger partial charge is 0.436 e. The second kappa shape index (κ2) is 7.98. The fraction of sp³-hybridized carbons (Fsp3) is 0.500. The van der Waals surface area contributed by atoms with Gasteiger partial charge in [-0.05, 0) is 39.2 Å². The monoisotopic (exact) mass is 449 g/mol. The van der Waals surface area contributed by atoms with Gasteiger partial charge in [-0.1, -0.05) is 11.6 Å². The Morgan fingerprint density at radius 1 is 1.34 bits per heavy atom. The number of anilines is 1. The number of halogens is 4. The number of hydrogen-bond donors (Lipinski definition) is 1. The van der Waals surface area contributed by atoms with Gasteiger partial charge in [0.25, 0.3) is 0 Å². The van der Waals surface area contributed by atoms with Gasteiger partial charge in [0.05, 0.1) is 22.9 Å². The van der Waals surface area contributed by atoms with E-state index < -0.39 is 35.3 Å². The second-order valence-corrected chi connectivity index (χ2v) is 8.34. The van der Waals surface area contributed by atoms with Gasteiger partial charge in [0, 0.05) is 10.8 Å². The summed E-state index contributed by atoms with van der Waals surface area (Å²) < 4.78 is 45.5. The van der Waals surface area contributed by atoms with Crippen molar-refractivity contribution >= 4 is 39.8 Å². The van der Waals surface area contributed by atoms with Gasteiger partial charge in [-0.25, -0.2) is 4.79 Å². The van der Waals surface area contributed by atoms with E-state index in [1.807, 2.05) is 0 Å². The van der Waals surface area contributed by atoms with Crippen LogP contribution in [0.4, 0.5) is 18.2 Å². The quantitative estimate of drug-likeness (QED) is 0.635. The summed E-state index contributed by atoms with van der Waals surface area (Å²) >= 11 is 7.13. The third-order valence-corrected chi connectivity index (χ3v) is 6.07. The number of thiophene rings is 1. The number of nitrogens with one attached hydrogen (secondary N) is 1. The molecule has 158 valence electrons. The molecule has 0 spiro atoms. The van der Waals surface area contributed by atoms with Crippen LogP contribution < -0.4 is 5.32 Å². The van der Waals surface area contributed by atoms with Crippen LogP contribution in [0.25, 0.3) is 0 Å². The molecule has 11 heteroatoms. The van der Waals surface area contributed by atoms with Crippen molar-refractivity contribution in [2.24, 2.45) is 0 Å². The molecule has 2 heterocycles. The summed E-state index contributed by atoms with van der Waals surface area (Å²) in [5.74, 6) is -1.31. The lowest BCUT2D eigenvalue weighted by Crippen LogP contribution is -2.22. The van der Waals surface area contributed by atoms with Crippen LogP contribution in [-0.2, 0) is 22.3 Å². The van der Waals surface area contributed by atoms with E-state index in [-0.39, 0.29) is 23.8 Å². The van der Waals surface area contributed by atoms with E-state index in [4.69, 9.17) is 16.3 Å². The Kier molecular flexibility index (Phi) is 5.96. The molecule has 6 nitrogen and oxygen atoms in total. The fourth-order valence-electron chi connectivity index (χ4n) is 2.97. The number of esters is 1. The van der Waals surface area contributed by atoms with E-state index >= 15 is 0 Å². The number of hydrogen-bond acceptors (Lipinski definition) is 5.